The maximum absolute atomic E-state index is 9.58. The summed E-state index contributed by atoms with van der Waals surface area (Å²) in [5, 5.41) is 24.8. The highest BCUT2D eigenvalue weighted by atomic mass is 16.4. The van der Waals surface area contributed by atoms with Crippen LogP contribution in [0.15, 0.2) is 0 Å². The van der Waals surface area contributed by atoms with E-state index in [9.17, 15) is 4.79 Å². The third-order valence-corrected chi connectivity index (χ3v) is 0.721. The molecule has 0 aliphatic carbocycles. The molecule has 48 valence electrons. The summed E-state index contributed by atoms with van der Waals surface area (Å²) in [7, 11) is 0. The number of aldehydes is 1. The summed E-state index contributed by atoms with van der Waals surface area (Å²) in [4.78, 5) is 9.58. The highest BCUT2D eigenvalue weighted by Crippen LogP contribution is 1.85. The Morgan fingerprint density at radius 3 is 2.12 bits per heavy atom. The minimum Gasteiger partial charge on any atom is -0.394 e. The second kappa shape index (κ2) is 3.54. The van der Waals surface area contributed by atoms with E-state index in [2.05, 4.69) is 0 Å². The van der Waals surface area contributed by atoms with Crippen LogP contribution >= 0.6 is 0 Å². The van der Waals surface area contributed by atoms with Gasteiger partial charge >= 0.3 is 0 Å². The van der Waals surface area contributed by atoms with Crippen molar-refractivity contribution in [3.63, 3.8) is 0 Å². The van der Waals surface area contributed by atoms with E-state index in [4.69, 9.17) is 15.3 Å². The normalized spacial score (nSPS) is 17.4. The van der Waals surface area contributed by atoms with Crippen molar-refractivity contribution in [2.24, 2.45) is 0 Å². The predicted molar refractivity (Wildman–Crippen MR) is 25.2 cm³/mol. The molecule has 0 aliphatic rings. The molecule has 0 aromatic carbocycles. The van der Waals surface area contributed by atoms with Gasteiger partial charge in [-0.05, 0) is 0 Å². The molecule has 2 atom stereocenters. The molecule has 0 rings (SSSR count). The summed E-state index contributed by atoms with van der Waals surface area (Å²) in [6.45, 7) is -0.597. The van der Waals surface area contributed by atoms with Crippen molar-refractivity contribution in [1.82, 2.24) is 0 Å². The summed E-state index contributed by atoms with van der Waals surface area (Å²) in [5.74, 6) is 0. The summed E-state index contributed by atoms with van der Waals surface area (Å²) >= 11 is 0. The molecular weight excluding hydrogens is 113 g/mol. The molecule has 3 N–H and O–H groups in total. The third-order valence-electron chi connectivity index (χ3n) is 0.721. The predicted octanol–water partition coefficient (Wildman–Crippen LogP) is -2.10. The van der Waals surface area contributed by atoms with E-state index in [1.165, 1.54) is 0 Å². The Bertz CT molecular complexity index is 72.4. The first kappa shape index (κ1) is 7.55. The standard InChI is InChI=1S/C4H8O4/c5-1-3(7)4(8)2-6/h1,3-4,6-8H,2H2/t3-,4-/m0/s1/i4+1. The zero-order valence-electron chi connectivity index (χ0n) is 4.19. The number of aliphatic hydroxyl groups is 3. The highest BCUT2D eigenvalue weighted by Gasteiger charge is 2.12. The second-order valence-corrected chi connectivity index (χ2v) is 1.38. The van der Waals surface area contributed by atoms with Crippen molar-refractivity contribution in [3.8, 4) is 0 Å². The SMILES string of the molecule is O=C[C@H](O)[13C@@H](O)CO. The van der Waals surface area contributed by atoms with Crippen molar-refractivity contribution < 1.29 is 20.1 Å². The Kier molecular flexibility index (Phi) is 3.34. The van der Waals surface area contributed by atoms with Gasteiger partial charge in [-0.2, -0.15) is 0 Å². The fraction of sp³-hybridized carbons (Fsp3) is 0.750. The van der Waals surface area contributed by atoms with Crippen LogP contribution in [0, 0.1) is 0 Å². The largest absolute Gasteiger partial charge is 0.394 e. The van der Waals surface area contributed by atoms with Gasteiger partial charge < -0.3 is 20.1 Å². The lowest BCUT2D eigenvalue weighted by molar-refractivity contribution is -0.121. The Labute approximate surface area is 46.4 Å². The average Bonchev–Trinajstić information content (AvgIpc) is 1.84. The first-order valence-corrected chi connectivity index (χ1v) is 2.14. The van der Waals surface area contributed by atoms with Gasteiger partial charge in [0.1, 0.15) is 12.2 Å². The van der Waals surface area contributed by atoms with Gasteiger partial charge in [0.05, 0.1) is 6.61 Å². The minimum absolute atomic E-state index is 0.168. The topological polar surface area (TPSA) is 77.8 Å². The number of carbonyl (C=O) groups is 1. The van der Waals surface area contributed by atoms with Crippen LogP contribution in [0.2, 0.25) is 0 Å². The zero-order valence-corrected chi connectivity index (χ0v) is 4.19. The Hall–Kier alpha value is -0.450. The van der Waals surface area contributed by atoms with E-state index in [0.717, 1.165) is 0 Å². The van der Waals surface area contributed by atoms with Crippen LogP contribution in [0.1, 0.15) is 0 Å². The monoisotopic (exact) mass is 121 g/mol. The second-order valence-electron chi connectivity index (χ2n) is 1.38. The fourth-order valence-electron chi connectivity index (χ4n) is 0.199. The smallest absolute Gasteiger partial charge is 0.151 e. The van der Waals surface area contributed by atoms with Gasteiger partial charge in [-0.25, -0.2) is 0 Å². The Morgan fingerprint density at radius 2 is 2.00 bits per heavy atom. The summed E-state index contributed by atoms with van der Waals surface area (Å²) in [6.07, 6.45) is -2.63. The van der Waals surface area contributed by atoms with Crippen LogP contribution in [0.4, 0.5) is 0 Å². The molecule has 0 aromatic heterocycles. The van der Waals surface area contributed by atoms with Crippen molar-refractivity contribution in [1.29, 1.82) is 0 Å². The lowest BCUT2D eigenvalue weighted by atomic mass is 10.5. The Balaban J connectivity index is 3.44. The van der Waals surface area contributed by atoms with E-state index in [1.807, 2.05) is 0 Å². The number of hydrogen-bond donors (Lipinski definition) is 3. The summed E-state index contributed by atoms with van der Waals surface area (Å²) < 4.78 is 0. The zero-order chi connectivity index (χ0) is 6.57. The maximum Gasteiger partial charge on any atom is 0.151 e. The van der Waals surface area contributed by atoms with Gasteiger partial charge in [-0.3, -0.25) is 0 Å². The fourth-order valence-corrected chi connectivity index (χ4v) is 0.199. The van der Waals surface area contributed by atoms with Crippen LogP contribution < -0.4 is 0 Å². The van der Waals surface area contributed by atoms with E-state index >= 15 is 0 Å². The molecule has 0 fully saturated rings. The van der Waals surface area contributed by atoms with Crippen molar-refractivity contribution in [2.75, 3.05) is 6.61 Å². The molecule has 0 spiro atoms. The number of carbonyl (C=O) groups excluding carboxylic acids is 1. The molecule has 0 aromatic rings. The molecule has 0 unspecified atom stereocenters. The Morgan fingerprint density at radius 1 is 1.50 bits per heavy atom. The van der Waals surface area contributed by atoms with Crippen molar-refractivity contribution in [2.45, 2.75) is 12.2 Å². The van der Waals surface area contributed by atoms with E-state index < -0.39 is 18.8 Å². The third kappa shape index (κ3) is 2.02. The van der Waals surface area contributed by atoms with Gasteiger partial charge in [0.15, 0.2) is 6.29 Å². The highest BCUT2D eigenvalue weighted by molar-refractivity contribution is 5.56. The molecule has 0 amide bonds. The molecule has 0 radical (unpaired) electrons. The molecular formula is C4H8O4. The number of aliphatic hydroxyl groups excluding tert-OH is 3. The van der Waals surface area contributed by atoms with E-state index in [1.54, 1.807) is 0 Å². The molecule has 8 heavy (non-hydrogen) atoms. The average molecular weight is 121 g/mol. The quantitative estimate of drug-likeness (QED) is 0.295. The van der Waals surface area contributed by atoms with Gasteiger partial charge in [0.25, 0.3) is 0 Å². The number of hydrogen-bond acceptors (Lipinski definition) is 4. The van der Waals surface area contributed by atoms with E-state index in [-0.39, 0.29) is 6.29 Å². The first-order valence-electron chi connectivity index (χ1n) is 2.14. The van der Waals surface area contributed by atoms with Gasteiger partial charge in [-0.1, -0.05) is 0 Å². The van der Waals surface area contributed by atoms with E-state index in [0.29, 0.717) is 0 Å². The summed E-state index contributed by atoms with van der Waals surface area (Å²) in [6, 6.07) is 0. The minimum atomic E-state index is -1.46. The van der Waals surface area contributed by atoms with Gasteiger partial charge in [0.2, 0.25) is 0 Å². The lowest BCUT2D eigenvalue weighted by Crippen LogP contribution is -2.30. The molecule has 0 saturated carbocycles. The lowest BCUT2D eigenvalue weighted by Gasteiger charge is -2.06. The van der Waals surface area contributed by atoms with Gasteiger partial charge in [-0.15, -0.1) is 0 Å². The molecule has 4 nitrogen and oxygen atoms in total. The van der Waals surface area contributed by atoms with Crippen LogP contribution in [0.25, 0.3) is 0 Å². The summed E-state index contributed by atoms with van der Waals surface area (Å²) in [5.41, 5.74) is 0. The first-order chi connectivity index (χ1) is 3.72. The molecule has 0 saturated heterocycles. The van der Waals surface area contributed by atoms with Crippen LogP contribution in [-0.2, 0) is 4.79 Å². The van der Waals surface area contributed by atoms with Crippen molar-refractivity contribution >= 4 is 6.29 Å². The van der Waals surface area contributed by atoms with Crippen LogP contribution in [0.5, 0.6) is 0 Å². The van der Waals surface area contributed by atoms with Crippen LogP contribution in [0.3, 0.4) is 0 Å². The molecule has 4 heteroatoms. The molecule has 0 aliphatic heterocycles. The van der Waals surface area contributed by atoms with Crippen molar-refractivity contribution in [3.05, 3.63) is 0 Å². The number of rotatable bonds is 3. The molecule has 0 heterocycles. The van der Waals surface area contributed by atoms with Crippen LogP contribution in [-0.4, -0.2) is 40.4 Å². The maximum atomic E-state index is 9.58. The van der Waals surface area contributed by atoms with Gasteiger partial charge in [0, 0.05) is 0 Å². The molecule has 0 bridgehead atoms.